The lowest BCUT2D eigenvalue weighted by Crippen LogP contribution is -2.24. The summed E-state index contributed by atoms with van der Waals surface area (Å²) in [7, 11) is -2.47. The lowest BCUT2D eigenvalue weighted by atomic mass is 10.2. The number of carbonyl (C=O) groups excluding carboxylic acids is 1. The molecule has 1 amide bonds. The summed E-state index contributed by atoms with van der Waals surface area (Å²) in [5.41, 5.74) is -1.03. The molecular weight excluding hydrogens is 477 g/mol. The first-order valence-corrected chi connectivity index (χ1v) is 11.3. The van der Waals surface area contributed by atoms with E-state index < -0.39 is 32.5 Å². The van der Waals surface area contributed by atoms with Gasteiger partial charge in [-0.3, -0.25) is 4.79 Å². The molecule has 0 radical (unpaired) electrons. The Labute approximate surface area is 189 Å². The van der Waals surface area contributed by atoms with Crippen LogP contribution in [-0.4, -0.2) is 55.8 Å². The number of hydrogen-bond donors (Lipinski definition) is 1. The van der Waals surface area contributed by atoms with Gasteiger partial charge in [-0.15, -0.1) is 0 Å². The van der Waals surface area contributed by atoms with Crippen LogP contribution in [-0.2, 0) is 23.1 Å². The lowest BCUT2D eigenvalue weighted by Gasteiger charge is -2.05. The highest BCUT2D eigenvalue weighted by Crippen LogP contribution is 2.34. The van der Waals surface area contributed by atoms with Gasteiger partial charge in [0.2, 0.25) is 0 Å². The van der Waals surface area contributed by atoms with Crippen LogP contribution < -0.4 is 5.32 Å². The minimum atomic E-state index is -4.63. The fraction of sp³-hybridized carbons (Fsp3) is 0.263. The smallest absolute Gasteiger partial charge is 0.339 e. The first-order chi connectivity index (χ1) is 16.0. The number of sulfone groups is 1. The van der Waals surface area contributed by atoms with Gasteiger partial charge in [0.1, 0.15) is 23.4 Å². The molecule has 0 spiro atoms. The molecule has 0 saturated carbocycles. The second kappa shape index (κ2) is 8.06. The summed E-state index contributed by atoms with van der Waals surface area (Å²) in [5.74, 6) is -0.961. The van der Waals surface area contributed by atoms with E-state index in [-0.39, 0.29) is 46.1 Å². The molecule has 0 aliphatic heterocycles. The van der Waals surface area contributed by atoms with Gasteiger partial charge in [-0.2, -0.15) is 23.5 Å². The average molecular weight is 492 g/mol. The number of hydrogen-bond acceptors (Lipinski definition) is 8. The fourth-order valence-electron chi connectivity index (χ4n) is 3.26. The Balaban J connectivity index is 1.98. The van der Waals surface area contributed by atoms with E-state index in [1.807, 2.05) is 0 Å². The average Bonchev–Trinajstić information content (AvgIpc) is 3.34. The number of aromatic nitrogens is 6. The van der Waals surface area contributed by atoms with Gasteiger partial charge >= 0.3 is 6.18 Å². The number of rotatable bonds is 5. The number of amides is 1. The molecule has 176 valence electrons. The van der Waals surface area contributed by atoms with Crippen molar-refractivity contribution in [1.82, 2.24) is 34.4 Å². The number of fused-ring (bicyclic) bond motifs is 2. The summed E-state index contributed by atoms with van der Waals surface area (Å²) < 4.78 is 67.4. The molecule has 34 heavy (non-hydrogen) atoms. The predicted molar refractivity (Wildman–Crippen MR) is 111 cm³/mol. The van der Waals surface area contributed by atoms with E-state index in [9.17, 15) is 26.4 Å². The van der Waals surface area contributed by atoms with Crippen LogP contribution in [0.15, 0.2) is 29.7 Å². The van der Waals surface area contributed by atoms with Gasteiger partial charge < -0.3 is 9.88 Å². The summed E-state index contributed by atoms with van der Waals surface area (Å²) in [6, 6.07) is 2.57. The number of nitrogens with one attached hydrogen (secondary N) is 1. The minimum Gasteiger partial charge on any atom is -0.339 e. The number of halogens is 3. The molecule has 4 heterocycles. The molecule has 1 N–H and O–H groups in total. The molecule has 0 aliphatic rings. The molecule has 11 nitrogen and oxygen atoms in total. The van der Waals surface area contributed by atoms with Gasteiger partial charge in [0.25, 0.3) is 5.91 Å². The van der Waals surface area contributed by atoms with Crippen molar-refractivity contribution in [3.63, 3.8) is 0 Å². The molecular formula is C19H15F3N8O3S. The summed E-state index contributed by atoms with van der Waals surface area (Å²) in [5, 5.41) is 14.7. The minimum absolute atomic E-state index is 0.0123. The van der Waals surface area contributed by atoms with Crippen molar-refractivity contribution in [2.75, 3.05) is 12.3 Å². The van der Waals surface area contributed by atoms with E-state index >= 15 is 0 Å². The molecule has 0 aliphatic carbocycles. The third-order valence-corrected chi connectivity index (χ3v) is 6.60. The van der Waals surface area contributed by atoms with Gasteiger partial charge in [-0.1, -0.05) is 6.92 Å². The maximum atomic E-state index is 13.1. The normalized spacial score (nSPS) is 12.2. The second-order valence-corrected chi connectivity index (χ2v) is 9.29. The number of aryl methyl sites for hydroxylation is 1. The third kappa shape index (κ3) is 3.81. The van der Waals surface area contributed by atoms with Gasteiger partial charge in [0.15, 0.2) is 26.2 Å². The summed E-state index contributed by atoms with van der Waals surface area (Å²) in [6.07, 6.45) is -1.57. The molecule has 0 aromatic carbocycles. The zero-order chi connectivity index (χ0) is 24.8. The molecule has 0 saturated heterocycles. The highest BCUT2D eigenvalue weighted by atomic mass is 32.2. The van der Waals surface area contributed by atoms with Crippen molar-refractivity contribution in [1.29, 1.82) is 5.26 Å². The van der Waals surface area contributed by atoms with Gasteiger partial charge in [0.05, 0.1) is 22.9 Å². The molecule has 4 rings (SSSR count). The Hall–Kier alpha value is -4.06. The Morgan fingerprint density at radius 3 is 2.59 bits per heavy atom. The van der Waals surface area contributed by atoms with Gasteiger partial charge in [-0.05, 0) is 6.07 Å². The molecule has 4 aromatic heterocycles. The van der Waals surface area contributed by atoms with Crippen LogP contribution in [0.1, 0.15) is 22.8 Å². The first-order valence-electron chi connectivity index (χ1n) is 9.64. The van der Waals surface area contributed by atoms with Crippen LogP contribution in [0, 0.1) is 11.3 Å². The Kier molecular flexibility index (Phi) is 5.48. The third-order valence-electron chi connectivity index (χ3n) is 4.97. The Morgan fingerprint density at radius 1 is 1.24 bits per heavy atom. The highest BCUT2D eigenvalue weighted by Gasteiger charge is 2.33. The van der Waals surface area contributed by atoms with Crippen LogP contribution >= 0.6 is 0 Å². The highest BCUT2D eigenvalue weighted by molar-refractivity contribution is 7.91. The van der Waals surface area contributed by atoms with Crippen molar-refractivity contribution in [3.8, 4) is 17.5 Å². The van der Waals surface area contributed by atoms with Crippen LogP contribution in [0.5, 0.6) is 0 Å². The summed E-state index contributed by atoms with van der Waals surface area (Å²) in [6.45, 7) is 1.16. The molecule has 0 bridgehead atoms. The lowest BCUT2D eigenvalue weighted by molar-refractivity contribution is -0.137. The van der Waals surface area contributed by atoms with Gasteiger partial charge in [0, 0.05) is 25.6 Å². The zero-order valence-corrected chi connectivity index (χ0v) is 18.4. The number of alkyl halides is 3. The van der Waals surface area contributed by atoms with Crippen molar-refractivity contribution in [3.05, 3.63) is 35.8 Å². The quantitative estimate of drug-likeness (QED) is 0.414. The molecule has 0 fully saturated rings. The van der Waals surface area contributed by atoms with E-state index in [1.54, 1.807) is 6.07 Å². The first kappa shape index (κ1) is 23.1. The molecule has 0 unspecified atom stereocenters. The summed E-state index contributed by atoms with van der Waals surface area (Å²) >= 11 is 0. The van der Waals surface area contributed by atoms with E-state index in [1.165, 1.54) is 24.7 Å². The zero-order valence-electron chi connectivity index (χ0n) is 17.6. The van der Waals surface area contributed by atoms with Crippen LogP contribution in [0.4, 0.5) is 13.2 Å². The maximum absolute atomic E-state index is 13.1. The van der Waals surface area contributed by atoms with E-state index in [4.69, 9.17) is 5.26 Å². The van der Waals surface area contributed by atoms with Gasteiger partial charge in [-0.25, -0.2) is 27.9 Å². The number of nitriles is 1. The molecule has 4 aromatic rings. The summed E-state index contributed by atoms with van der Waals surface area (Å²) in [4.78, 5) is 24.4. The number of pyridine rings is 1. The number of imidazole rings is 1. The van der Waals surface area contributed by atoms with E-state index in [2.05, 4.69) is 25.4 Å². The molecule has 0 atom stereocenters. The predicted octanol–water partition coefficient (Wildman–Crippen LogP) is 1.74. The SMILES string of the molecule is CCS(=O)(=O)c1nn2cc(C(=O)NCC#N)cnc2c1-c1nc2cc(C(F)(F)F)cnc2n1C. The van der Waals surface area contributed by atoms with E-state index in [0.717, 1.165) is 16.8 Å². The topological polar surface area (TPSA) is 148 Å². The monoisotopic (exact) mass is 492 g/mol. The van der Waals surface area contributed by atoms with Crippen molar-refractivity contribution >= 4 is 32.6 Å². The second-order valence-electron chi connectivity index (χ2n) is 7.09. The van der Waals surface area contributed by atoms with Crippen LogP contribution in [0.3, 0.4) is 0 Å². The number of carbonyl (C=O) groups is 1. The van der Waals surface area contributed by atoms with Crippen molar-refractivity contribution in [2.24, 2.45) is 7.05 Å². The fourth-order valence-corrected chi connectivity index (χ4v) is 4.24. The Morgan fingerprint density at radius 2 is 1.94 bits per heavy atom. The number of nitrogens with zero attached hydrogens (tertiary/aromatic N) is 7. The van der Waals surface area contributed by atoms with Crippen LogP contribution in [0.2, 0.25) is 0 Å². The van der Waals surface area contributed by atoms with Crippen LogP contribution in [0.25, 0.3) is 28.2 Å². The van der Waals surface area contributed by atoms with Crippen molar-refractivity contribution < 1.29 is 26.4 Å². The molecule has 15 heteroatoms. The Bertz CT molecular complexity index is 1600. The largest absolute Gasteiger partial charge is 0.417 e. The van der Waals surface area contributed by atoms with Crippen molar-refractivity contribution in [2.45, 2.75) is 18.1 Å². The standard InChI is InChI=1S/C19H15F3N8O3S/c1-3-34(32,33)18-13(15-25-7-10(9-30(15)28-18)17(31)24-5-4-23)16-27-12-6-11(19(20,21)22)8-26-14(12)29(16)2/h6-9H,3,5H2,1-2H3,(H,24,31). The maximum Gasteiger partial charge on any atom is 0.417 e. The van der Waals surface area contributed by atoms with E-state index in [0.29, 0.717) is 6.20 Å².